The number of hydrogen-bond acceptors (Lipinski definition) is 3. The topological polar surface area (TPSA) is 43.7 Å². The summed E-state index contributed by atoms with van der Waals surface area (Å²) in [4.78, 5) is 2.16. The van der Waals surface area contributed by atoms with Gasteiger partial charge < -0.3 is 10.2 Å². The van der Waals surface area contributed by atoms with E-state index in [4.69, 9.17) is 6.42 Å². The van der Waals surface area contributed by atoms with Crippen LogP contribution in [0.3, 0.4) is 0 Å². The van der Waals surface area contributed by atoms with Gasteiger partial charge in [0.05, 0.1) is 6.54 Å². The predicted molar refractivity (Wildman–Crippen MR) is 77.4 cm³/mol. The minimum absolute atomic E-state index is 0. The fraction of sp³-hybridized carbons (Fsp3) is 0.429. The molecule has 0 heterocycles. The predicted octanol–water partition coefficient (Wildman–Crippen LogP) is 2.10. The molecule has 1 unspecified atom stereocenters. The summed E-state index contributed by atoms with van der Waals surface area (Å²) in [6.07, 6.45) is 7.93. The molecule has 98 valence electrons. The first-order valence-electron chi connectivity index (χ1n) is 5.80. The van der Waals surface area contributed by atoms with Gasteiger partial charge in [0, 0.05) is 11.6 Å². The van der Waals surface area contributed by atoms with Crippen molar-refractivity contribution in [2.45, 2.75) is 25.3 Å². The standard InChI is InChI=1S/C14H17NO2.BrH/c1-3-8-15(2)11-5-6-12-10(9-11)4-7-13(16)14(12)17;/h1,4,7,11,16-17H,5-6,8-9H2,2H3;1H. The number of phenolic OH excluding ortho intramolecular Hbond substituents is 2. The summed E-state index contributed by atoms with van der Waals surface area (Å²) in [6.45, 7) is 0.643. The van der Waals surface area contributed by atoms with Crippen LogP contribution in [0, 0.1) is 12.3 Å². The molecule has 0 spiro atoms. The van der Waals surface area contributed by atoms with E-state index >= 15 is 0 Å². The summed E-state index contributed by atoms with van der Waals surface area (Å²) in [5.41, 5.74) is 2.00. The van der Waals surface area contributed by atoms with Crippen molar-refractivity contribution in [1.29, 1.82) is 0 Å². The molecule has 0 aromatic heterocycles. The highest BCUT2D eigenvalue weighted by Gasteiger charge is 2.24. The molecule has 2 rings (SSSR count). The van der Waals surface area contributed by atoms with Crippen molar-refractivity contribution in [3.8, 4) is 23.8 Å². The first-order valence-corrected chi connectivity index (χ1v) is 5.80. The summed E-state index contributed by atoms with van der Waals surface area (Å²) in [6, 6.07) is 3.86. The van der Waals surface area contributed by atoms with Gasteiger partial charge in [-0.3, -0.25) is 4.90 Å². The van der Waals surface area contributed by atoms with Gasteiger partial charge in [0.1, 0.15) is 0 Å². The molecule has 0 saturated heterocycles. The van der Waals surface area contributed by atoms with E-state index in [1.165, 1.54) is 0 Å². The highest BCUT2D eigenvalue weighted by molar-refractivity contribution is 8.93. The molecule has 4 heteroatoms. The Morgan fingerprint density at radius 1 is 1.44 bits per heavy atom. The number of halogens is 1. The molecular weight excluding hydrogens is 294 g/mol. The van der Waals surface area contributed by atoms with E-state index in [2.05, 4.69) is 10.8 Å². The second-order valence-electron chi connectivity index (χ2n) is 4.59. The summed E-state index contributed by atoms with van der Waals surface area (Å²) in [5, 5.41) is 19.2. The van der Waals surface area contributed by atoms with E-state index in [0.717, 1.165) is 30.4 Å². The van der Waals surface area contributed by atoms with E-state index in [1.807, 2.05) is 13.1 Å². The van der Waals surface area contributed by atoms with Gasteiger partial charge in [0.2, 0.25) is 0 Å². The number of nitrogens with zero attached hydrogens (tertiary/aromatic N) is 1. The zero-order valence-electron chi connectivity index (χ0n) is 10.4. The summed E-state index contributed by atoms with van der Waals surface area (Å²) in [5.74, 6) is 2.66. The molecule has 1 atom stereocenters. The highest BCUT2D eigenvalue weighted by atomic mass is 79.9. The minimum atomic E-state index is -0.0285. The van der Waals surface area contributed by atoms with Crippen LogP contribution in [0.2, 0.25) is 0 Å². The van der Waals surface area contributed by atoms with Crippen LogP contribution < -0.4 is 0 Å². The number of likely N-dealkylation sites (N-methyl/N-ethyl adjacent to an activating group) is 1. The quantitative estimate of drug-likeness (QED) is 0.649. The maximum atomic E-state index is 9.78. The molecule has 2 N–H and O–H groups in total. The van der Waals surface area contributed by atoms with Crippen LogP contribution in [0.1, 0.15) is 17.5 Å². The van der Waals surface area contributed by atoms with Gasteiger partial charge in [0.25, 0.3) is 0 Å². The summed E-state index contributed by atoms with van der Waals surface area (Å²) in [7, 11) is 2.02. The van der Waals surface area contributed by atoms with Crippen LogP contribution in [-0.4, -0.2) is 34.7 Å². The van der Waals surface area contributed by atoms with Crippen molar-refractivity contribution in [2.24, 2.45) is 0 Å². The van der Waals surface area contributed by atoms with Crippen molar-refractivity contribution in [3.63, 3.8) is 0 Å². The van der Waals surface area contributed by atoms with E-state index < -0.39 is 0 Å². The van der Waals surface area contributed by atoms with Gasteiger partial charge in [-0.05, 0) is 37.9 Å². The highest BCUT2D eigenvalue weighted by Crippen LogP contribution is 2.36. The molecule has 0 saturated carbocycles. The number of phenols is 2. The molecule has 1 aromatic rings. The normalized spacial score (nSPS) is 17.7. The fourth-order valence-corrected chi connectivity index (χ4v) is 2.45. The van der Waals surface area contributed by atoms with Crippen molar-refractivity contribution in [2.75, 3.05) is 13.6 Å². The Hall–Kier alpha value is -1.18. The van der Waals surface area contributed by atoms with Crippen LogP contribution in [0.15, 0.2) is 12.1 Å². The van der Waals surface area contributed by atoms with Gasteiger partial charge in [-0.15, -0.1) is 23.4 Å². The first kappa shape index (κ1) is 14.9. The third kappa shape index (κ3) is 2.80. The summed E-state index contributed by atoms with van der Waals surface area (Å²) >= 11 is 0. The maximum Gasteiger partial charge on any atom is 0.160 e. The Morgan fingerprint density at radius 2 is 2.17 bits per heavy atom. The lowest BCUT2D eigenvalue weighted by Gasteiger charge is -2.31. The molecule has 1 aliphatic carbocycles. The smallest absolute Gasteiger partial charge is 0.160 e. The Morgan fingerprint density at radius 3 is 2.83 bits per heavy atom. The first-order chi connectivity index (χ1) is 8.13. The number of benzene rings is 1. The van der Waals surface area contributed by atoms with Gasteiger partial charge in [-0.25, -0.2) is 0 Å². The van der Waals surface area contributed by atoms with Crippen molar-refractivity contribution in [1.82, 2.24) is 4.90 Å². The molecule has 0 bridgehead atoms. The van der Waals surface area contributed by atoms with E-state index in [0.29, 0.717) is 12.6 Å². The van der Waals surface area contributed by atoms with E-state index in [1.54, 1.807) is 6.07 Å². The van der Waals surface area contributed by atoms with Crippen molar-refractivity contribution < 1.29 is 10.2 Å². The average molecular weight is 312 g/mol. The van der Waals surface area contributed by atoms with Crippen molar-refractivity contribution in [3.05, 3.63) is 23.3 Å². The largest absolute Gasteiger partial charge is 0.504 e. The van der Waals surface area contributed by atoms with Gasteiger partial charge in [0.15, 0.2) is 11.5 Å². The number of aromatic hydroxyl groups is 2. The van der Waals surface area contributed by atoms with Crippen LogP contribution in [0.25, 0.3) is 0 Å². The molecule has 0 amide bonds. The maximum absolute atomic E-state index is 9.78. The SMILES string of the molecule is Br.C#CCN(C)C1CCc2c(ccc(O)c2O)C1. The Labute approximate surface area is 118 Å². The zero-order valence-corrected chi connectivity index (χ0v) is 12.1. The molecule has 1 aromatic carbocycles. The van der Waals surface area contributed by atoms with Crippen LogP contribution in [0.4, 0.5) is 0 Å². The van der Waals surface area contributed by atoms with Gasteiger partial charge in [-0.1, -0.05) is 12.0 Å². The van der Waals surface area contributed by atoms with Crippen LogP contribution in [0.5, 0.6) is 11.5 Å². The number of fused-ring (bicyclic) bond motifs is 1. The molecule has 0 radical (unpaired) electrons. The lowest BCUT2D eigenvalue weighted by molar-refractivity contribution is 0.245. The van der Waals surface area contributed by atoms with E-state index in [9.17, 15) is 10.2 Å². The van der Waals surface area contributed by atoms with Gasteiger partial charge in [-0.2, -0.15) is 0 Å². The third-order valence-electron chi connectivity index (χ3n) is 3.51. The second kappa shape index (κ2) is 6.12. The Kier molecular flexibility index (Phi) is 5.06. The van der Waals surface area contributed by atoms with Crippen LogP contribution >= 0.6 is 17.0 Å². The summed E-state index contributed by atoms with van der Waals surface area (Å²) < 4.78 is 0. The number of rotatable bonds is 2. The zero-order chi connectivity index (χ0) is 12.4. The fourth-order valence-electron chi connectivity index (χ4n) is 2.45. The second-order valence-corrected chi connectivity index (χ2v) is 4.59. The monoisotopic (exact) mass is 311 g/mol. The average Bonchev–Trinajstić information content (AvgIpc) is 2.34. The molecule has 1 aliphatic rings. The lowest BCUT2D eigenvalue weighted by atomic mass is 9.87. The minimum Gasteiger partial charge on any atom is -0.504 e. The number of hydrogen-bond donors (Lipinski definition) is 2. The Bertz CT molecular complexity index is 468. The number of terminal acetylenes is 1. The molecule has 18 heavy (non-hydrogen) atoms. The van der Waals surface area contributed by atoms with Gasteiger partial charge >= 0.3 is 0 Å². The van der Waals surface area contributed by atoms with Crippen molar-refractivity contribution >= 4 is 17.0 Å². The Balaban J connectivity index is 0.00000162. The molecular formula is C14H18BrNO2. The molecule has 3 nitrogen and oxygen atoms in total. The third-order valence-corrected chi connectivity index (χ3v) is 3.51. The lowest BCUT2D eigenvalue weighted by Crippen LogP contribution is -2.36. The van der Waals surface area contributed by atoms with E-state index in [-0.39, 0.29) is 28.5 Å². The molecule has 0 aliphatic heterocycles. The molecule has 0 fully saturated rings. The van der Waals surface area contributed by atoms with Crippen LogP contribution in [-0.2, 0) is 12.8 Å².